The number of rotatable bonds is 3. The number of aliphatic imine (C=N–C) groups is 1. The average molecular weight is 364 g/mol. The molecule has 0 N–H and O–H groups in total. The molecule has 0 saturated heterocycles. The maximum Gasteiger partial charge on any atom is 0.0787 e. The highest BCUT2D eigenvalue weighted by Crippen LogP contribution is 2.28. The van der Waals surface area contributed by atoms with E-state index in [1.165, 1.54) is 11.1 Å². The van der Waals surface area contributed by atoms with Crippen LogP contribution in [0.3, 0.4) is 0 Å². The van der Waals surface area contributed by atoms with E-state index in [2.05, 4.69) is 78.3 Å². The van der Waals surface area contributed by atoms with Gasteiger partial charge in [-0.15, -0.1) is 0 Å². The number of aryl methyl sites for hydroxylation is 2. The van der Waals surface area contributed by atoms with E-state index in [4.69, 9.17) is 4.99 Å². The van der Waals surface area contributed by atoms with Crippen LogP contribution >= 0.6 is 15.9 Å². The number of hydrogen-bond donors (Lipinski definition) is 0. The zero-order chi connectivity index (χ0) is 16.2. The molecule has 0 bridgehead atoms. The van der Waals surface area contributed by atoms with Crippen molar-refractivity contribution >= 4 is 27.3 Å². The summed E-state index contributed by atoms with van der Waals surface area (Å²) < 4.78 is 1.000. The normalized spacial score (nSPS) is 10.4. The highest BCUT2D eigenvalue weighted by Gasteiger charge is 2.12. The third-order valence-electron chi connectivity index (χ3n) is 3.89. The van der Waals surface area contributed by atoms with Crippen LogP contribution in [0.2, 0.25) is 0 Å². The Morgan fingerprint density at radius 2 is 1.17 bits per heavy atom. The van der Waals surface area contributed by atoms with Crippen molar-refractivity contribution in [3.63, 3.8) is 0 Å². The second-order valence-electron chi connectivity index (χ2n) is 5.54. The van der Waals surface area contributed by atoms with Crippen LogP contribution in [-0.2, 0) is 0 Å². The van der Waals surface area contributed by atoms with Gasteiger partial charge in [-0.3, -0.25) is 0 Å². The van der Waals surface area contributed by atoms with Crippen LogP contribution in [0.25, 0.3) is 0 Å². The minimum atomic E-state index is 0.939. The summed E-state index contributed by atoms with van der Waals surface area (Å²) in [6.45, 7) is 4.26. The molecule has 0 unspecified atom stereocenters. The van der Waals surface area contributed by atoms with Crippen molar-refractivity contribution in [1.82, 2.24) is 0 Å². The zero-order valence-corrected chi connectivity index (χ0v) is 14.8. The molecule has 0 atom stereocenters. The Kier molecular flexibility index (Phi) is 4.73. The van der Waals surface area contributed by atoms with Gasteiger partial charge >= 0.3 is 0 Å². The molecule has 0 heterocycles. The van der Waals surface area contributed by atoms with Crippen LogP contribution in [0.5, 0.6) is 0 Å². The predicted molar refractivity (Wildman–Crippen MR) is 102 cm³/mol. The molecule has 1 nitrogen and oxygen atoms in total. The van der Waals surface area contributed by atoms with Crippen LogP contribution < -0.4 is 0 Å². The van der Waals surface area contributed by atoms with Gasteiger partial charge < -0.3 is 0 Å². The van der Waals surface area contributed by atoms with E-state index >= 15 is 0 Å². The van der Waals surface area contributed by atoms with Crippen molar-refractivity contribution in [2.45, 2.75) is 13.8 Å². The van der Waals surface area contributed by atoms with Crippen molar-refractivity contribution in [1.29, 1.82) is 0 Å². The first-order valence-electron chi connectivity index (χ1n) is 7.62. The molecule has 3 rings (SSSR count). The summed E-state index contributed by atoms with van der Waals surface area (Å²) in [6, 6.07) is 24.8. The lowest BCUT2D eigenvalue weighted by Gasteiger charge is -2.13. The lowest BCUT2D eigenvalue weighted by Crippen LogP contribution is -2.07. The Morgan fingerprint density at radius 3 is 1.70 bits per heavy atom. The van der Waals surface area contributed by atoms with Gasteiger partial charge in [0, 0.05) is 15.6 Å². The number of halogens is 1. The highest BCUT2D eigenvalue weighted by molar-refractivity contribution is 9.10. The van der Waals surface area contributed by atoms with Crippen LogP contribution in [0.4, 0.5) is 5.69 Å². The Morgan fingerprint density at radius 1 is 0.696 bits per heavy atom. The molecule has 0 radical (unpaired) electrons. The second kappa shape index (κ2) is 6.93. The minimum absolute atomic E-state index is 0.939. The summed E-state index contributed by atoms with van der Waals surface area (Å²) in [5.41, 5.74) is 6.72. The lowest BCUT2D eigenvalue weighted by atomic mass is 9.95. The van der Waals surface area contributed by atoms with Gasteiger partial charge in [-0.05, 0) is 53.0 Å². The van der Waals surface area contributed by atoms with Crippen molar-refractivity contribution in [2.75, 3.05) is 0 Å². The van der Waals surface area contributed by atoms with Crippen molar-refractivity contribution < 1.29 is 0 Å². The van der Waals surface area contributed by atoms with Crippen LogP contribution in [-0.4, -0.2) is 5.71 Å². The molecular weight excluding hydrogens is 346 g/mol. The van der Waals surface area contributed by atoms with Gasteiger partial charge in [-0.2, -0.15) is 0 Å². The quantitative estimate of drug-likeness (QED) is 0.488. The number of nitrogens with zero attached hydrogens (tertiary/aromatic N) is 1. The first-order chi connectivity index (χ1) is 11.2. The Hall–Kier alpha value is -2.19. The molecule has 2 heteroatoms. The Labute approximate surface area is 145 Å². The molecule has 114 valence electrons. The smallest absolute Gasteiger partial charge is 0.0787 e. The second-order valence-corrected chi connectivity index (χ2v) is 6.40. The molecule has 0 spiro atoms. The number of hydrogen-bond acceptors (Lipinski definition) is 1. The van der Waals surface area contributed by atoms with Gasteiger partial charge in [0.1, 0.15) is 0 Å². The predicted octanol–water partition coefficient (Wildman–Crippen LogP) is 6.24. The first-order valence-corrected chi connectivity index (χ1v) is 8.41. The summed E-state index contributed by atoms with van der Waals surface area (Å²) in [5.74, 6) is 0. The van der Waals surface area contributed by atoms with E-state index in [-0.39, 0.29) is 0 Å². The Bertz CT molecular complexity index is 817. The molecular formula is C21H18BrN. The van der Waals surface area contributed by atoms with Gasteiger partial charge in [0.2, 0.25) is 0 Å². The molecule has 0 saturated carbocycles. The van der Waals surface area contributed by atoms with E-state index < -0.39 is 0 Å². The van der Waals surface area contributed by atoms with E-state index in [1.807, 2.05) is 24.3 Å². The fourth-order valence-electron chi connectivity index (χ4n) is 2.61. The summed E-state index contributed by atoms with van der Waals surface area (Å²) in [6.07, 6.45) is 0. The summed E-state index contributed by atoms with van der Waals surface area (Å²) in [5, 5.41) is 0. The largest absolute Gasteiger partial charge is 0.247 e. The maximum atomic E-state index is 4.99. The fourth-order valence-corrected chi connectivity index (χ4v) is 2.98. The van der Waals surface area contributed by atoms with E-state index in [1.54, 1.807) is 0 Å². The molecule has 0 amide bonds. The number of para-hydroxylation sites is 1. The Balaban J connectivity index is 2.26. The molecule has 0 aromatic heterocycles. The molecule has 3 aromatic carbocycles. The highest BCUT2D eigenvalue weighted by atomic mass is 79.9. The van der Waals surface area contributed by atoms with Crippen molar-refractivity contribution in [3.05, 3.63) is 99.5 Å². The van der Waals surface area contributed by atoms with Crippen LogP contribution in [0.15, 0.2) is 82.3 Å². The fraction of sp³-hybridized carbons (Fsp3) is 0.0952. The lowest BCUT2D eigenvalue weighted by molar-refractivity contribution is 1.37. The molecule has 0 aliphatic rings. The third-order valence-corrected chi connectivity index (χ3v) is 4.56. The summed E-state index contributed by atoms with van der Waals surface area (Å²) in [7, 11) is 0. The number of benzene rings is 3. The summed E-state index contributed by atoms with van der Waals surface area (Å²) >= 11 is 3.60. The molecule has 23 heavy (non-hydrogen) atoms. The van der Waals surface area contributed by atoms with Gasteiger partial charge in [-0.25, -0.2) is 4.99 Å². The monoisotopic (exact) mass is 363 g/mol. The SMILES string of the molecule is Cc1ccccc1C(=Nc1ccccc1Br)c1ccccc1C. The van der Waals surface area contributed by atoms with E-state index in [0.29, 0.717) is 0 Å². The van der Waals surface area contributed by atoms with Gasteiger partial charge in [-0.1, -0.05) is 60.7 Å². The van der Waals surface area contributed by atoms with Crippen molar-refractivity contribution in [3.8, 4) is 0 Å². The van der Waals surface area contributed by atoms with Crippen molar-refractivity contribution in [2.24, 2.45) is 4.99 Å². The van der Waals surface area contributed by atoms with Gasteiger partial charge in [0.05, 0.1) is 11.4 Å². The zero-order valence-electron chi connectivity index (χ0n) is 13.3. The van der Waals surface area contributed by atoms with Gasteiger partial charge in [0.15, 0.2) is 0 Å². The van der Waals surface area contributed by atoms with Crippen LogP contribution in [0.1, 0.15) is 22.3 Å². The summed E-state index contributed by atoms with van der Waals surface area (Å²) in [4.78, 5) is 4.99. The standard InChI is InChI=1S/C21H18BrN/c1-15-9-3-5-11-17(15)21(18-12-6-4-10-16(18)2)23-20-14-8-7-13-19(20)22/h3-14H,1-2H3. The average Bonchev–Trinajstić information content (AvgIpc) is 2.56. The van der Waals surface area contributed by atoms with E-state index in [9.17, 15) is 0 Å². The first kappa shape index (κ1) is 15.7. The maximum absolute atomic E-state index is 4.99. The third kappa shape index (κ3) is 3.43. The topological polar surface area (TPSA) is 12.4 Å². The minimum Gasteiger partial charge on any atom is -0.247 e. The van der Waals surface area contributed by atoms with Crippen LogP contribution in [0, 0.1) is 13.8 Å². The van der Waals surface area contributed by atoms with E-state index in [0.717, 1.165) is 27.0 Å². The molecule has 3 aromatic rings. The molecule has 0 fully saturated rings. The molecule has 0 aliphatic heterocycles. The molecule has 0 aliphatic carbocycles. The van der Waals surface area contributed by atoms with Gasteiger partial charge in [0.25, 0.3) is 0 Å².